The molecule has 6 rings (SSSR count). The molecule has 0 atom stereocenters. The van der Waals surface area contributed by atoms with E-state index < -0.39 is 0 Å². The molecule has 1 aromatic carbocycles. The number of fused-ring (bicyclic) bond motifs is 1. The van der Waals surface area contributed by atoms with Gasteiger partial charge in [-0.1, -0.05) is 30.3 Å². The molecular weight excluding hydrogens is 452 g/mol. The Morgan fingerprint density at radius 2 is 1.78 bits per heavy atom. The van der Waals surface area contributed by atoms with Crippen LogP contribution in [-0.2, 0) is 13.1 Å². The second kappa shape index (κ2) is 9.79. The van der Waals surface area contributed by atoms with Crippen LogP contribution in [0, 0.1) is 0 Å². The van der Waals surface area contributed by atoms with Crippen molar-refractivity contribution in [3.05, 3.63) is 84.7 Å². The van der Waals surface area contributed by atoms with Crippen molar-refractivity contribution in [3.8, 4) is 11.1 Å². The van der Waals surface area contributed by atoms with Crippen molar-refractivity contribution in [1.29, 1.82) is 0 Å². The van der Waals surface area contributed by atoms with Crippen molar-refractivity contribution in [2.75, 3.05) is 25.0 Å². The first-order valence-corrected chi connectivity index (χ1v) is 12.3. The Hall–Kier alpha value is -4.24. The highest BCUT2D eigenvalue weighted by molar-refractivity contribution is 6.08. The lowest BCUT2D eigenvalue weighted by Gasteiger charge is -2.13. The number of aromatic amines is 1. The van der Waals surface area contributed by atoms with Gasteiger partial charge in [-0.05, 0) is 37.6 Å². The zero-order valence-corrected chi connectivity index (χ0v) is 20.0. The fourth-order valence-corrected chi connectivity index (χ4v) is 4.68. The minimum absolute atomic E-state index is 0.213. The van der Waals surface area contributed by atoms with Gasteiger partial charge in [0.25, 0.3) is 5.91 Å². The lowest BCUT2D eigenvalue weighted by molar-refractivity contribution is 0.102. The lowest BCUT2D eigenvalue weighted by Crippen LogP contribution is -2.24. The summed E-state index contributed by atoms with van der Waals surface area (Å²) >= 11 is 0. The zero-order valence-electron chi connectivity index (χ0n) is 20.0. The first kappa shape index (κ1) is 22.2. The highest BCUT2D eigenvalue weighted by Crippen LogP contribution is 2.27. The average Bonchev–Trinajstić information content (AvgIpc) is 3.71. The van der Waals surface area contributed by atoms with Crippen LogP contribution >= 0.6 is 0 Å². The molecule has 36 heavy (non-hydrogen) atoms. The maximum absolute atomic E-state index is 12.9. The summed E-state index contributed by atoms with van der Waals surface area (Å²) in [7, 11) is 0. The highest BCUT2D eigenvalue weighted by atomic mass is 16.1. The fourth-order valence-electron chi connectivity index (χ4n) is 4.68. The van der Waals surface area contributed by atoms with E-state index in [9.17, 15) is 4.79 Å². The second-order valence-electron chi connectivity index (χ2n) is 9.23. The third-order valence-electron chi connectivity index (χ3n) is 6.67. The molecule has 0 unspecified atom stereocenters. The van der Waals surface area contributed by atoms with Crippen molar-refractivity contribution >= 4 is 22.6 Å². The van der Waals surface area contributed by atoms with Gasteiger partial charge in [0, 0.05) is 47.8 Å². The van der Waals surface area contributed by atoms with E-state index in [4.69, 9.17) is 0 Å². The van der Waals surface area contributed by atoms with Gasteiger partial charge in [-0.2, -0.15) is 10.2 Å². The van der Waals surface area contributed by atoms with E-state index in [0.29, 0.717) is 17.8 Å². The third-order valence-corrected chi connectivity index (χ3v) is 6.67. The molecule has 182 valence electrons. The van der Waals surface area contributed by atoms with Gasteiger partial charge in [-0.25, -0.2) is 4.98 Å². The summed E-state index contributed by atoms with van der Waals surface area (Å²) in [5.41, 5.74) is 5.00. The maximum atomic E-state index is 12.9. The van der Waals surface area contributed by atoms with E-state index in [1.54, 1.807) is 23.3 Å². The summed E-state index contributed by atoms with van der Waals surface area (Å²) in [4.78, 5) is 23.1. The molecule has 5 heterocycles. The molecule has 9 nitrogen and oxygen atoms in total. The van der Waals surface area contributed by atoms with Crippen molar-refractivity contribution in [2.24, 2.45) is 0 Å². The average molecular weight is 481 g/mol. The number of rotatable bonds is 8. The van der Waals surface area contributed by atoms with Crippen LogP contribution in [0.4, 0.5) is 5.69 Å². The zero-order chi connectivity index (χ0) is 24.3. The van der Waals surface area contributed by atoms with Crippen LogP contribution < -0.4 is 5.32 Å². The quantitative estimate of drug-likeness (QED) is 0.350. The Balaban J connectivity index is 1.15. The number of H-pyrrole nitrogens is 1. The molecule has 0 aliphatic carbocycles. The first-order chi connectivity index (χ1) is 17.7. The molecule has 0 saturated carbocycles. The van der Waals surface area contributed by atoms with E-state index in [1.807, 2.05) is 53.5 Å². The van der Waals surface area contributed by atoms with E-state index in [0.717, 1.165) is 40.8 Å². The number of benzene rings is 1. The monoisotopic (exact) mass is 480 g/mol. The van der Waals surface area contributed by atoms with Crippen LogP contribution in [0.5, 0.6) is 0 Å². The second-order valence-corrected chi connectivity index (χ2v) is 9.23. The van der Waals surface area contributed by atoms with Gasteiger partial charge >= 0.3 is 0 Å². The summed E-state index contributed by atoms with van der Waals surface area (Å²) < 4.78 is 3.76. The predicted molar refractivity (Wildman–Crippen MR) is 139 cm³/mol. The van der Waals surface area contributed by atoms with Gasteiger partial charge in [0.1, 0.15) is 5.65 Å². The highest BCUT2D eigenvalue weighted by Gasteiger charge is 2.15. The van der Waals surface area contributed by atoms with Gasteiger partial charge in [-0.3, -0.25) is 14.2 Å². The molecule has 0 bridgehead atoms. The van der Waals surface area contributed by atoms with Crippen molar-refractivity contribution in [2.45, 2.75) is 25.9 Å². The van der Waals surface area contributed by atoms with Crippen LogP contribution in [0.25, 0.3) is 22.2 Å². The number of carbonyl (C=O) groups excluding carboxylic acids is 1. The van der Waals surface area contributed by atoms with Crippen LogP contribution in [0.1, 0.15) is 28.8 Å². The molecule has 5 aromatic rings. The molecule has 9 heteroatoms. The molecule has 1 saturated heterocycles. The summed E-state index contributed by atoms with van der Waals surface area (Å²) in [6, 6.07) is 12.1. The van der Waals surface area contributed by atoms with Crippen LogP contribution in [0.3, 0.4) is 0 Å². The molecule has 4 aromatic heterocycles. The van der Waals surface area contributed by atoms with Gasteiger partial charge in [-0.15, -0.1) is 0 Å². The molecule has 1 aliphatic rings. The number of carbonyl (C=O) groups is 1. The van der Waals surface area contributed by atoms with Crippen molar-refractivity contribution in [3.63, 3.8) is 0 Å². The summed E-state index contributed by atoms with van der Waals surface area (Å²) in [6.45, 7) is 4.88. The number of anilines is 1. The minimum atomic E-state index is -0.213. The van der Waals surface area contributed by atoms with E-state index in [-0.39, 0.29) is 5.91 Å². The Morgan fingerprint density at radius 3 is 2.64 bits per heavy atom. The van der Waals surface area contributed by atoms with Crippen LogP contribution in [0.2, 0.25) is 0 Å². The Kier molecular flexibility index (Phi) is 6.05. The standard InChI is InChI=1S/C27H28N8O/c36-27(23-15-31-35(19-23)17-20-6-2-1-3-7-20)32-25-16-29-26-24(25)12-21(13-28-26)22-14-30-34(18-22)11-10-33-8-4-5-9-33/h1-3,6-7,12-16,18-19H,4-5,8-11,17H2,(H,28,29)(H,32,36). The van der Waals surface area contributed by atoms with Gasteiger partial charge < -0.3 is 15.2 Å². The van der Waals surface area contributed by atoms with E-state index in [2.05, 4.69) is 36.6 Å². The Labute approximate surface area is 208 Å². The number of amides is 1. The molecule has 0 radical (unpaired) electrons. The number of hydrogen-bond acceptors (Lipinski definition) is 5. The fraction of sp³-hybridized carbons (Fsp3) is 0.259. The van der Waals surface area contributed by atoms with Crippen LogP contribution in [0.15, 0.2) is 73.6 Å². The molecule has 1 fully saturated rings. The number of nitrogens with one attached hydrogen (secondary N) is 2. The lowest BCUT2D eigenvalue weighted by atomic mass is 10.1. The van der Waals surface area contributed by atoms with Crippen molar-refractivity contribution in [1.82, 2.24) is 34.4 Å². The number of pyridine rings is 1. The molecule has 0 spiro atoms. The molecule has 1 amide bonds. The van der Waals surface area contributed by atoms with Crippen molar-refractivity contribution < 1.29 is 4.79 Å². The van der Waals surface area contributed by atoms with E-state index in [1.165, 1.54) is 25.9 Å². The largest absolute Gasteiger partial charge is 0.344 e. The summed E-state index contributed by atoms with van der Waals surface area (Å²) in [5.74, 6) is -0.213. The van der Waals surface area contributed by atoms with Crippen LogP contribution in [-0.4, -0.2) is 60.0 Å². The normalized spacial score (nSPS) is 14.0. The maximum Gasteiger partial charge on any atom is 0.258 e. The van der Waals surface area contributed by atoms with Gasteiger partial charge in [0.15, 0.2) is 0 Å². The number of aromatic nitrogens is 6. The first-order valence-electron chi connectivity index (χ1n) is 12.3. The third kappa shape index (κ3) is 4.78. The van der Waals surface area contributed by atoms with Gasteiger partial charge in [0.2, 0.25) is 0 Å². The predicted octanol–water partition coefficient (Wildman–Crippen LogP) is 4.02. The smallest absolute Gasteiger partial charge is 0.258 e. The number of hydrogen-bond donors (Lipinski definition) is 2. The van der Waals surface area contributed by atoms with Gasteiger partial charge in [0.05, 0.1) is 36.7 Å². The Morgan fingerprint density at radius 1 is 0.944 bits per heavy atom. The minimum Gasteiger partial charge on any atom is -0.344 e. The number of likely N-dealkylation sites (tertiary alicyclic amines) is 1. The summed E-state index contributed by atoms with van der Waals surface area (Å²) in [5, 5.41) is 12.7. The molecular formula is C27H28N8O. The Bertz CT molecular complexity index is 1480. The summed E-state index contributed by atoms with van der Waals surface area (Å²) in [6.07, 6.45) is 13.5. The SMILES string of the molecule is O=C(Nc1c[nH]c2ncc(-c3cnn(CCN4CCCC4)c3)cc12)c1cnn(Cc2ccccc2)c1. The van der Waals surface area contributed by atoms with E-state index >= 15 is 0 Å². The molecule has 1 aliphatic heterocycles. The topological polar surface area (TPSA) is 96.7 Å². The molecule has 2 N–H and O–H groups in total. The number of nitrogens with zero attached hydrogens (tertiary/aromatic N) is 6.